The molecule has 0 aliphatic carbocycles. The Morgan fingerprint density at radius 1 is 1.68 bits per heavy atom. The Labute approximate surface area is 115 Å². The van der Waals surface area contributed by atoms with Crippen molar-refractivity contribution in [2.75, 3.05) is 25.1 Å². The summed E-state index contributed by atoms with van der Waals surface area (Å²) in [6.45, 7) is 4.30. The second kappa shape index (κ2) is 7.55. The van der Waals surface area contributed by atoms with E-state index in [1.807, 2.05) is 0 Å². The van der Waals surface area contributed by atoms with Crippen LogP contribution in [0.15, 0.2) is 23.6 Å². The third-order valence-electron chi connectivity index (χ3n) is 2.09. The lowest BCUT2D eigenvalue weighted by atomic mass is 10.4. The van der Waals surface area contributed by atoms with Crippen LogP contribution in [0, 0.1) is 0 Å². The molecule has 1 rings (SSSR count). The van der Waals surface area contributed by atoms with E-state index in [1.54, 1.807) is 6.08 Å². The van der Waals surface area contributed by atoms with Gasteiger partial charge < -0.3 is 15.8 Å². The van der Waals surface area contributed by atoms with Crippen LogP contribution in [0.1, 0.15) is 0 Å². The number of nitrogens with one attached hydrogen (secondary N) is 1. The van der Waals surface area contributed by atoms with Crippen LogP contribution < -0.4 is 16.6 Å². The molecule has 0 aliphatic rings. The maximum absolute atomic E-state index is 11.7. The molecule has 7 nitrogen and oxygen atoms in total. The van der Waals surface area contributed by atoms with E-state index in [2.05, 4.69) is 17.0 Å². The maximum atomic E-state index is 11.7. The third-order valence-corrected chi connectivity index (χ3v) is 2.46. The zero-order valence-corrected chi connectivity index (χ0v) is 11.0. The van der Waals surface area contributed by atoms with Gasteiger partial charge in [-0.1, -0.05) is 17.7 Å². The van der Waals surface area contributed by atoms with Crippen LogP contribution in [-0.4, -0.2) is 35.4 Å². The molecule has 0 aromatic carbocycles. The van der Waals surface area contributed by atoms with Crippen LogP contribution in [0.2, 0.25) is 5.02 Å². The Morgan fingerprint density at radius 2 is 2.42 bits per heavy atom. The molecule has 1 heterocycles. The zero-order chi connectivity index (χ0) is 14.3. The number of carbonyl (C=O) groups excluding carboxylic acids is 1. The van der Waals surface area contributed by atoms with Gasteiger partial charge in [0, 0.05) is 6.54 Å². The number of rotatable bonds is 8. The molecule has 1 amide bonds. The number of hydrogen-bond acceptors (Lipinski definition) is 5. The van der Waals surface area contributed by atoms with E-state index in [-0.39, 0.29) is 18.2 Å². The molecule has 0 fully saturated rings. The van der Waals surface area contributed by atoms with E-state index >= 15 is 0 Å². The predicted octanol–water partition coefficient (Wildman–Crippen LogP) is -0.00350. The Kier molecular flexibility index (Phi) is 6.04. The molecular weight excluding hydrogens is 272 g/mol. The highest BCUT2D eigenvalue weighted by Gasteiger charge is 2.07. The Balaban J connectivity index is 2.55. The number of halogens is 1. The minimum Gasteiger partial charge on any atom is -0.380 e. The average Bonchev–Trinajstić information content (AvgIpc) is 2.37. The number of hydrogen-bond donors (Lipinski definition) is 2. The van der Waals surface area contributed by atoms with Crippen molar-refractivity contribution in [1.29, 1.82) is 0 Å². The van der Waals surface area contributed by atoms with E-state index in [4.69, 9.17) is 22.1 Å². The lowest BCUT2D eigenvalue weighted by Crippen LogP contribution is -2.24. The van der Waals surface area contributed by atoms with Crippen LogP contribution >= 0.6 is 11.6 Å². The standard InChI is InChI=1S/C11H15ClN4O3/c1-2-4-16-11(18)10(12)8(6-15-16)14-3-5-19-7-9(13)17/h2,6,14H,1,3-5,7H2,(H2,13,17). The van der Waals surface area contributed by atoms with Crippen LogP contribution in [0.4, 0.5) is 5.69 Å². The summed E-state index contributed by atoms with van der Waals surface area (Å²) >= 11 is 5.91. The first-order valence-corrected chi connectivity index (χ1v) is 5.90. The first-order chi connectivity index (χ1) is 9.06. The quantitative estimate of drug-likeness (QED) is 0.517. The summed E-state index contributed by atoms with van der Waals surface area (Å²) in [6, 6.07) is 0. The van der Waals surface area contributed by atoms with Gasteiger partial charge in [0.05, 0.1) is 25.0 Å². The Morgan fingerprint density at radius 3 is 3.05 bits per heavy atom. The topological polar surface area (TPSA) is 99.2 Å². The van der Waals surface area contributed by atoms with Crippen molar-refractivity contribution in [3.8, 4) is 0 Å². The predicted molar refractivity (Wildman–Crippen MR) is 72.2 cm³/mol. The minimum atomic E-state index is -0.535. The highest BCUT2D eigenvalue weighted by Crippen LogP contribution is 2.14. The first kappa shape index (κ1) is 15.2. The van der Waals surface area contributed by atoms with Crippen molar-refractivity contribution in [2.45, 2.75) is 6.54 Å². The summed E-state index contributed by atoms with van der Waals surface area (Å²) in [5.41, 5.74) is 4.92. The summed E-state index contributed by atoms with van der Waals surface area (Å²) in [4.78, 5) is 22.2. The van der Waals surface area contributed by atoms with Crippen LogP contribution in [0.25, 0.3) is 0 Å². The van der Waals surface area contributed by atoms with Crippen molar-refractivity contribution in [2.24, 2.45) is 5.73 Å². The fourth-order valence-electron chi connectivity index (χ4n) is 1.27. The molecule has 8 heteroatoms. The Hall–Kier alpha value is -1.86. The normalized spacial score (nSPS) is 10.2. The molecule has 0 aliphatic heterocycles. The molecule has 19 heavy (non-hydrogen) atoms. The molecule has 0 radical (unpaired) electrons. The van der Waals surface area contributed by atoms with Gasteiger partial charge in [0.1, 0.15) is 11.6 Å². The van der Waals surface area contributed by atoms with Crippen molar-refractivity contribution < 1.29 is 9.53 Å². The number of allylic oxidation sites excluding steroid dienone is 1. The molecule has 0 bridgehead atoms. The zero-order valence-electron chi connectivity index (χ0n) is 10.3. The number of primary amides is 1. The van der Waals surface area contributed by atoms with Crippen molar-refractivity contribution >= 4 is 23.2 Å². The third kappa shape index (κ3) is 4.72. The Bertz CT molecular complexity index is 515. The average molecular weight is 287 g/mol. The van der Waals surface area contributed by atoms with E-state index in [1.165, 1.54) is 10.9 Å². The molecule has 1 aromatic heterocycles. The molecule has 0 saturated heterocycles. The largest absolute Gasteiger partial charge is 0.380 e. The van der Waals surface area contributed by atoms with Gasteiger partial charge in [-0.2, -0.15) is 5.10 Å². The highest BCUT2D eigenvalue weighted by atomic mass is 35.5. The lowest BCUT2D eigenvalue weighted by Gasteiger charge is -2.09. The van der Waals surface area contributed by atoms with E-state index in [0.717, 1.165) is 0 Å². The summed E-state index contributed by atoms with van der Waals surface area (Å²) < 4.78 is 6.15. The lowest BCUT2D eigenvalue weighted by molar-refractivity contribution is -0.122. The molecular formula is C11H15ClN4O3. The number of amides is 1. The highest BCUT2D eigenvalue weighted by molar-refractivity contribution is 6.32. The van der Waals surface area contributed by atoms with Crippen molar-refractivity contribution in [3.63, 3.8) is 0 Å². The van der Waals surface area contributed by atoms with Gasteiger partial charge in [0.2, 0.25) is 5.91 Å². The number of nitrogens with two attached hydrogens (primary N) is 1. The monoisotopic (exact) mass is 286 g/mol. The fraction of sp³-hybridized carbons (Fsp3) is 0.364. The van der Waals surface area contributed by atoms with Crippen molar-refractivity contribution in [1.82, 2.24) is 9.78 Å². The van der Waals surface area contributed by atoms with Gasteiger partial charge in [-0.15, -0.1) is 6.58 Å². The number of aromatic nitrogens is 2. The number of nitrogens with zero attached hydrogens (tertiary/aromatic N) is 2. The minimum absolute atomic E-state index is 0.0479. The number of carbonyl (C=O) groups is 1. The molecule has 0 atom stereocenters. The summed E-state index contributed by atoms with van der Waals surface area (Å²) in [7, 11) is 0. The summed E-state index contributed by atoms with van der Waals surface area (Å²) in [5.74, 6) is -0.535. The fourth-order valence-corrected chi connectivity index (χ4v) is 1.48. The maximum Gasteiger partial charge on any atom is 0.287 e. The molecule has 0 unspecified atom stereocenters. The van der Waals surface area contributed by atoms with Gasteiger partial charge in [-0.05, 0) is 0 Å². The van der Waals surface area contributed by atoms with Gasteiger partial charge in [-0.25, -0.2) is 4.68 Å². The summed E-state index contributed by atoms with van der Waals surface area (Å²) in [6.07, 6.45) is 3.00. The van der Waals surface area contributed by atoms with Gasteiger partial charge >= 0.3 is 0 Å². The molecule has 3 N–H and O–H groups in total. The van der Waals surface area contributed by atoms with E-state index in [0.29, 0.717) is 18.8 Å². The number of ether oxygens (including phenoxy) is 1. The van der Waals surface area contributed by atoms with E-state index in [9.17, 15) is 9.59 Å². The molecule has 0 spiro atoms. The van der Waals surface area contributed by atoms with Gasteiger partial charge in [0.25, 0.3) is 5.56 Å². The molecule has 104 valence electrons. The summed E-state index contributed by atoms with van der Waals surface area (Å²) in [5, 5.41) is 6.86. The van der Waals surface area contributed by atoms with E-state index < -0.39 is 11.5 Å². The van der Waals surface area contributed by atoms with Gasteiger partial charge in [-0.3, -0.25) is 9.59 Å². The van der Waals surface area contributed by atoms with Crippen LogP contribution in [-0.2, 0) is 16.1 Å². The molecule has 1 aromatic rings. The van der Waals surface area contributed by atoms with Crippen LogP contribution in [0.3, 0.4) is 0 Å². The second-order valence-corrected chi connectivity index (χ2v) is 3.97. The number of anilines is 1. The first-order valence-electron chi connectivity index (χ1n) is 5.52. The molecule has 0 saturated carbocycles. The van der Waals surface area contributed by atoms with Crippen LogP contribution in [0.5, 0.6) is 0 Å². The SMILES string of the molecule is C=CCn1ncc(NCCOCC(N)=O)c(Cl)c1=O. The second-order valence-electron chi connectivity index (χ2n) is 3.59. The smallest absolute Gasteiger partial charge is 0.287 e. The van der Waals surface area contributed by atoms with Gasteiger partial charge in [0.15, 0.2) is 0 Å². The van der Waals surface area contributed by atoms with Crippen molar-refractivity contribution in [3.05, 3.63) is 34.2 Å².